The van der Waals surface area contributed by atoms with Gasteiger partial charge in [-0.05, 0) is 34.9 Å². The van der Waals surface area contributed by atoms with Crippen LogP contribution in [-0.4, -0.2) is 19.7 Å². The normalized spacial score (nSPS) is 10.5. The number of carbonyl (C=O) groups is 1. The van der Waals surface area contributed by atoms with Gasteiger partial charge in [-0.2, -0.15) is 0 Å². The van der Waals surface area contributed by atoms with Gasteiger partial charge in [-0.1, -0.05) is 37.6 Å². The van der Waals surface area contributed by atoms with Gasteiger partial charge in [0.25, 0.3) is 0 Å². The van der Waals surface area contributed by atoms with E-state index in [-0.39, 0.29) is 6.03 Å². The molecule has 2 aromatic carbocycles. The average Bonchev–Trinajstić information content (AvgIpc) is 2.55. The second-order valence-corrected chi connectivity index (χ2v) is 5.00. The first-order chi connectivity index (χ1) is 10.7. The highest BCUT2D eigenvalue weighted by atomic mass is 16.7. The van der Waals surface area contributed by atoms with Gasteiger partial charge in [0.1, 0.15) is 12.4 Å². The average molecular weight is 302 g/mol. The Bertz CT molecular complexity index is 628. The van der Waals surface area contributed by atoms with Crippen LogP contribution in [0.25, 0.3) is 10.8 Å². The number of unbranched alkanes of at least 4 members (excludes halogenated alkanes) is 1. The fourth-order valence-electron chi connectivity index (χ4n) is 2.16. The summed E-state index contributed by atoms with van der Waals surface area (Å²) in [7, 11) is 1.64. The van der Waals surface area contributed by atoms with Crippen molar-refractivity contribution in [3.8, 4) is 5.75 Å². The first-order valence-electron chi connectivity index (χ1n) is 7.46. The number of fused-ring (bicyclic) bond motifs is 1. The highest BCUT2D eigenvalue weighted by Gasteiger charge is 2.04. The van der Waals surface area contributed by atoms with E-state index in [2.05, 4.69) is 17.7 Å². The monoisotopic (exact) mass is 302 g/mol. The van der Waals surface area contributed by atoms with E-state index in [1.165, 1.54) is 0 Å². The molecule has 0 atom stereocenters. The molecule has 0 aliphatic rings. The summed E-state index contributed by atoms with van der Waals surface area (Å²) in [4.78, 5) is 16.8. The summed E-state index contributed by atoms with van der Waals surface area (Å²) < 4.78 is 5.25. The van der Waals surface area contributed by atoms with Crippen molar-refractivity contribution in [2.45, 2.75) is 26.4 Å². The summed E-state index contributed by atoms with van der Waals surface area (Å²) in [5, 5.41) is 4.89. The minimum atomic E-state index is -0.314. The van der Waals surface area contributed by atoms with E-state index in [4.69, 9.17) is 9.57 Å². The molecule has 0 aliphatic carbocycles. The number of hydrogen-bond acceptors (Lipinski definition) is 3. The molecule has 2 N–H and O–H groups in total. The zero-order valence-electron chi connectivity index (χ0n) is 13.0. The van der Waals surface area contributed by atoms with Gasteiger partial charge in [0, 0.05) is 6.54 Å². The van der Waals surface area contributed by atoms with Crippen LogP contribution in [0.3, 0.4) is 0 Å². The number of rotatable bonds is 7. The van der Waals surface area contributed by atoms with Crippen LogP contribution in [0.5, 0.6) is 5.75 Å². The zero-order chi connectivity index (χ0) is 15.8. The molecule has 0 heterocycles. The molecule has 0 aromatic heterocycles. The van der Waals surface area contributed by atoms with Crippen molar-refractivity contribution >= 4 is 16.8 Å². The van der Waals surface area contributed by atoms with E-state index in [0.717, 1.165) is 34.9 Å². The SMILES string of the molecule is CCCCNC(=O)NOCc1cccc2ccc(OC)cc12. The first kappa shape index (κ1) is 16.1. The number of benzene rings is 2. The maximum atomic E-state index is 11.5. The number of hydrogen-bond donors (Lipinski definition) is 2. The maximum absolute atomic E-state index is 11.5. The van der Waals surface area contributed by atoms with Crippen LogP contribution < -0.4 is 15.5 Å². The third-order valence-corrected chi connectivity index (χ3v) is 3.39. The molecular weight excluding hydrogens is 280 g/mol. The molecule has 0 saturated carbocycles. The number of amides is 2. The molecule has 2 aromatic rings. The molecule has 0 fully saturated rings. The van der Waals surface area contributed by atoms with Crippen LogP contribution in [0.2, 0.25) is 0 Å². The van der Waals surface area contributed by atoms with Crippen LogP contribution in [0.15, 0.2) is 36.4 Å². The second kappa shape index (κ2) is 8.24. The summed E-state index contributed by atoms with van der Waals surface area (Å²) >= 11 is 0. The Labute approximate surface area is 130 Å². The summed E-state index contributed by atoms with van der Waals surface area (Å²) in [5.41, 5.74) is 3.39. The van der Waals surface area contributed by atoms with Crippen molar-refractivity contribution in [2.75, 3.05) is 13.7 Å². The number of ether oxygens (including phenoxy) is 1. The molecule has 0 saturated heterocycles. The Morgan fingerprint density at radius 2 is 2.09 bits per heavy atom. The minimum Gasteiger partial charge on any atom is -0.497 e. The Kier molecular flexibility index (Phi) is 6.03. The Balaban J connectivity index is 1.95. The quantitative estimate of drug-likeness (QED) is 0.609. The van der Waals surface area contributed by atoms with E-state index >= 15 is 0 Å². The summed E-state index contributed by atoms with van der Waals surface area (Å²) in [5.74, 6) is 0.796. The van der Waals surface area contributed by atoms with Gasteiger partial charge >= 0.3 is 6.03 Å². The van der Waals surface area contributed by atoms with Crippen LogP contribution in [0.4, 0.5) is 4.79 Å². The van der Waals surface area contributed by atoms with Gasteiger partial charge in [0.15, 0.2) is 0 Å². The van der Waals surface area contributed by atoms with Crippen molar-refractivity contribution in [2.24, 2.45) is 0 Å². The summed E-state index contributed by atoms with van der Waals surface area (Å²) in [6, 6.07) is 11.5. The predicted molar refractivity (Wildman–Crippen MR) is 86.7 cm³/mol. The zero-order valence-corrected chi connectivity index (χ0v) is 13.0. The predicted octanol–water partition coefficient (Wildman–Crippen LogP) is 3.38. The van der Waals surface area contributed by atoms with Crippen molar-refractivity contribution in [1.29, 1.82) is 0 Å². The molecule has 0 spiro atoms. The number of urea groups is 1. The third-order valence-electron chi connectivity index (χ3n) is 3.39. The van der Waals surface area contributed by atoms with Crippen LogP contribution in [0.1, 0.15) is 25.3 Å². The highest BCUT2D eigenvalue weighted by molar-refractivity contribution is 5.87. The lowest BCUT2D eigenvalue weighted by atomic mass is 10.0. The van der Waals surface area contributed by atoms with Crippen LogP contribution in [0, 0.1) is 0 Å². The van der Waals surface area contributed by atoms with Gasteiger partial charge in [-0.15, -0.1) is 0 Å². The summed E-state index contributed by atoms with van der Waals surface area (Å²) in [6.45, 7) is 3.02. The molecule has 0 unspecified atom stereocenters. The molecule has 0 aliphatic heterocycles. The lowest BCUT2D eigenvalue weighted by Crippen LogP contribution is -2.35. The van der Waals surface area contributed by atoms with Crippen LogP contribution in [-0.2, 0) is 11.4 Å². The first-order valence-corrected chi connectivity index (χ1v) is 7.46. The van der Waals surface area contributed by atoms with Gasteiger partial charge in [-0.3, -0.25) is 4.84 Å². The fraction of sp³-hybridized carbons (Fsp3) is 0.353. The lowest BCUT2D eigenvalue weighted by Gasteiger charge is -2.10. The Morgan fingerprint density at radius 1 is 1.23 bits per heavy atom. The standard InChI is InChI=1S/C17H22N2O3/c1-3-4-10-18-17(20)19-22-12-14-7-5-6-13-8-9-15(21-2)11-16(13)14/h5-9,11H,3-4,10,12H2,1-2H3,(H2,18,19,20). The van der Waals surface area contributed by atoms with Gasteiger partial charge in [0.2, 0.25) is 0 Å². The molecule has 5 nitrogen and oxygen atoms in total. The Morgan fingerprint density at radius 3 is 2.86 bits per heavy atom. The van der Waals surface area contributed by atoms with E-state index < -0.39 is 0 Å². The fourth-order valence-corrected chi connectivity index (χ4v) is 2.16. The van der Waals surface area contributed by atoms with Gasteiger partial charge in [-0.25, -0.2) is 10.3 Å². The molecule has 0 radical (unpaired) electrons. The van der Waals surface area contributed by atoms with E-state index in [1.54, 1.807) is 7.11 Å². The van der Waals surface area contributed by atoms with Crippen molar-refractivity contribution in [1.82, 2.24) is 10.8 Å². The van der Waals surface area contributed by atoms with Gasteiger partial charge < -0.3 is 10.1 Å². The maximum Gasteiger partial charge on any atom is 0.338 e. The molecule has 2 rings (SSSR count). The molecule has 5 heteroatoms. The number of hydroxylamine groups is 1. The molecule has 0 bridgehead atoms. The van der Waals surface area contributed by atoms with E-state index in [0.29, 0.717) is 13.2 Å². The third kappa shape index (κ3) is 4.36. The van der Waals surface area contributed by atoms with Gasteiger partial charge in [0.05, 0.1) is 7.11 Å². The highest BCUT2D eigenvalue weighted by Crippen LogP contribution is 2.24. The van der Waals surface area contributed by atoms with Crippen LogP contribution >= 0.6 is 0 Å². The molecule has 2 amide bonds. The largest absolute Gasteiger partial charge is 0.497 e. The minimum absolute atomic E-state index is 0.297. The lowest BCUT2D eigenvalue weighted by molar-refractivity contribution is 0.0497. The molecule has 22 heavy (non-hydrogen) atoms. The van der Waals surface area contributed by atoms with Crippen molar-refractivity contribution in [3.63, 3.8) is 0 Å². The van der Waals surface area contributed by atoms with Crippen molar-refractivity contribution in [3.05, 3.63) is 42.0 Å². The topological polar surface area (TPSA) is 59.6 Å². The van der Waals surface area contributed by atoms with E-state index in [9.17, 15) is 4.79 Å². The van der Waals surface area contributed by atoms with Crippen molar-refractivity contribution < 1.29 is 14.4 Å². The number of methoxy groups -OCH3 is 1. The molecule has 118 valence electrons. The summed E-state index contributed by atoms with van der Waals surface area (Å²) in [6.07, 6.45) is 2.00. The molecular formula is C17H22N2O3. The Hall–Kier alpha value is -2.27. The second-order valence-electron chi connectivity index (χ2n) is 5.00. The number of nitrogens with one attached hydrogen (secondary N) is 2. The number of carbonyl (C=O) groups excluding carboxylic acids is 1. The van der Waals surface area contributed by atoms with E-state index in [1.807, 2.05) is 36.4 Å². The smallest absolute Gasteiger partial charge is 0.338 e.